The summed E-state index contributed by atoms with van der Waals surface area (Å²) in [7, 11) is 0. The molecule has 0 aliphatic carbocycles. The van der Waals surface area contributed by atoms with E-state index >= 15 is 0 Å². The molecular formula is C10H9NO3. The van der Waals surface area contributed by atoms with Gasteiger partial charge in [0.05, 0.1) is 5.56 Å². The maximum Gasteiger partial charge on any atom is 0.323 e. The van der Waals surface area contributed by atoms with Crippen LogP contribution < -0.4 is 4.74 Å². The molecule has 4 heteroatoms. The number of esters is 1. The molecule has 1 aromatic rings. The Morgan fingerprint density at radius 2 is 2.14 bits per heavy atom. The van der Waals surface area contributed by atoms with Crippen molar-refractivity contribution in [3.8, 4) is 5.88 Å². The van der Waals surface area contributed by atoms with Gasteiger partial charge in [-0.25, -0.2) is 4.98 Å². The number of hydrogen-bond acceptors (Lipinski definition) is 4. The van der Waals surface area contributed by atoms with Crippen LogP contribution in [0.5, 0.6) is 5.88 Å². The normalized spacial score (nSPS) is 20.3. The summed E-state index contributed by atoms with van der Waals surface area (Å²) in [4.78, 5) is 26.7. The Hall–Kier alpha value is -1.71. The lowest BCUT2D eigenvalue weighted by Crippen LogP contribution is -2.31. The van der Waals surface area contributed by atoms with Crippen molar-refractivity contribution in [1.82, 2.24) is 4.98 Å². The second kappa shape index (κ2) is 2.90. The summed E-state index contributed by atoms with van der Waals surface area (Å²) in [5.41, 5.74) is 1.28. The number of fused-ring (bicyclic) bond motifs is 1. The van der Waals surface area contributed by atoms with Gasteiger partial charge in [-0.2, -0.15) is 0 Å². The fourth-order valence-corrected chi connectivity index (χ4v) is 1.34. The molecule has 1 atom stereocenters. The Labute approximate surface area is 80.9 Å². The molecule has 0 saturated heterocycles. The molecule has 0 bridgehead atoms. The number of rotatable bonds is 0. The molecule has 0 fully saturated rings. The van der Waals surface area contributed by atoms with Crippen LogP contribution >= 0.6 is 0 Å². The average Bonchev–Trinajstić information content (AvgIpc) is 2.16. The molecule has 0 aromatic carbocycles. The highest BCUT2D eigenvalue weighted by atomic mass is 16.5. The van der Waals surface area contributed by atoms with Crippen LogP contribution in [0.1, 0.15) is 22.8 Å². The van der Waals surface area contributed by atoms with E-state index in [1.165, 1.54) is 6.92 Å². The quantitative estimate of drug-likeness (QED) is 0.455. The molecule has 0 radical (unpaired) electrons. The minimum atomic E-state index is -0.717. The topological polar surface area (TPSA) is 56.3 Å². The maximum absolute atomic E-state index is 11.6. The third kappa shape index (κ3) is 1.19. The van der Waals surface area contributed by atoms with Crippen molar-refractivity contribution >= 4 is 11.8 Å². The SMILES string of the molecule is Cc1cnc2c(c1)C(=O)C(C)C(=O)O2. The van der Waals surface area contributed by atoms with Crippen molar-refractivity contribution < 1.29 is 14.3 Å². The first kappa shape index (κ1) is 8.87. The largest absolute Gasteiger partial charge is 0.406 e. The summed E-state index contributed by atoms with van der Waals surface area (Å²) >= 11 is 0. The summed E-state index contributed by atoms with van der Waals surface area (Å²) in [5, 5.41) is 0. The molecule has 0 amide bonds. The average molecular weight is 191 g/mol. The van der Waals surface area contributed by atoms with E-state index in [4.69, 9.17) is 4.74 Å². The Morgan fingerprint density at radius 1 is 1.43 bits per heavy atom. The first-order valence-corrected chi connectivity index (χ1v) is 4.32. The third-order valence-corrected chi connectivity index (χ3v) is 2.20. The fraction of sp³-hybridized carbons (Fsp3) is 0.300. The van der Waals surface area contributed by atoms with Crippen molar-refractivity contribution in [1.29, 1.82) is 0 Å². The van der Waals surface area contributed by atoms with Gasteiger partial charge < -0.3 is 4.74 Å². The highest BCUT2D eigenvalue weighted by Crippen LogP contribution is 2.26. The molecule has 1 aromatic heterocycles. The molecule has 2 heterocycles. The number of nitrogens with zero attached hydrogens (tertiary/aromatic N) is 1. The monoisotopic (exact) mass is 191 g/mol. The van der Waals surface area contributed by atoms with E-state index in [9.17, 15) is 9.59 Å². The van der Waals surface area contributed by atoms with Crippen LogP contribution in [0.4, 0.5) is 0 Å². The zero-order chi connectivity index (χ0) is 10.3. The zero-order valence-corrected chi connectivity index (χ0v) is 7.90. The van der Waals surface area contributed by atoms with E-state index in [1.54, 1.807) is 12.3 Å². The molecule has 0 saturated carbocycles. The Balaban J connectivity index is 2.57. The fourth-order valence-electron chi connectivity index (χ4n) is 1.34. The number of carbonyl (C=O) groups excluding carboxylic acids is 2. The zero-order valence-electron chi connectivity index (χ0n) is 7.90. The first-order valence-electron chi connectivity index (χ1n) is 4.32. The number of Topliss-reactive ketones (excluding diaryl/α,β-unsaturated/α-hetero) is 1. The smallest absolute Gasteiger partial charge is 0.323 e. The lowest BCUT2D eigenvalue weighted by molar-refractivity contribution is -0.137. The third-order valence-electron chi connectivity index (χ3n) is 2.20. The predicted octanol–water partition coefficient (Wildman–Crippen LogP) is 1.13. The summed E-state index contributed by atoms with van der Waals surface area (Å²) in [6.45, 7) is 3.37. The maximum atomic E-state index is 11.6. The highest BCUT2D eigenvalue weighted by Gasteiger charge is 2.33. The van der Waals surface area contributed by atoms with E-state index in [0.717, 1.165) is 5.56 Å². The standard InChI is InChI=1S/C10H9NO3/c1-5-3-7-8(12)6(2)10(13)14-9(7)11-4-5/h3-4,6H,1-2H3. The Kier molecular flexibility index (Phi) is 1.84. The lowest BCUT2D eigenvalue weighted by Gasteiger charge is -2.18. The summed E-state index contributed by atoms with van der Waals surface area (Å²) in [6.07, 6.45) is 1.56. The first-order chi connectivity index (χ1) is 6.59. The van der Waals surface area contributed by atoms with Crippen LogP contribution in [-0.2, 0) is 4.79 Å². The van der Waals surface area contributed by atoms with Gasteiger partial charge in [-0.05, 0) is 25.5 Å². The number of aryl methyl sites for hydroxylation is 1. The molecule has 1 unspecified atom stereocenters. The number of carbonyl (C=O) groups is 2. The summed E-state index contributed by atoms with van der Waals surface area (Å²) in [6, 6.07) is 1.69. The molecule has 1 aliphatic heterocycles. The molecular weight excluding hydrogens is 182 g/mol. The second-order valence-corrected chi connectivity index (χ2v) is 3.37. The van der Waals surface area contributed by atoms with Gasteiger partial charge in [0.2, 0.25) is 5.88 Å². The molecule has 1 aliphatic rings. The number of ketones is 1. The second-order valence-electron chi connectivity index (χ2n) is 3.37. The van der Waals surface area contributed by atoms with E-state index in [2.05, 4.69) is 4.98 Å². The van der Waals surface area contributed by atoms with Crippen molar-refractivity contribution in [2.24, 2.45) is 5.92 Å². The van der Waals surface area contributed by atoms with Gasteiger partial charge in [0.15, 0.2) is 5.78 Å². The minimum absolute atomic E-state index is 0.128. The molecule has 4 nitrogen and oxygen atoms in total. The van der Waals surface area contributed by atoms with Crippen molar-refractivity contribution in [3.05, 3.63) is 23.4 Å². The van der Waals surface area contributed by atoms with Gasteiger partial charge in [-0.15, -0.1) is 0 Å². The number of hydrogen-bond donors (Lipinski definition) is 0. The van der Waals surface area contributed by atoms with Crippen LogP contribution in [0.25, 0.3) is 0 Å². The van der Waals surface area contributed by atoms with E-state index < -0.39 is 11.9 Å². The minimum Gasteiger partial charge on any atom is -0.406 e. The molecule has 0 spiro atoms. The number of pyridine rings is 1. The van der Waals surface area contributed by atoms with Crippen LogP contribution in [0.2, 0.25) is 0 Å². The lowest BCUT2D eigenvalue weighted by atomic mass is 9.97. The van der Waals surface area contributed by atoms with Crippen molar-refractivity contribution in [2.75, 3.05) is 0 Å². The highest BCUT2D eigenvalue weighted by molar-refractivity contribution is 6.12. The van der Waals surface area contributed by atoms with Crippen molar-refractivity contribution in [2.45, 2.75) is 13.8 Å². The van der Waals surface area contributed by atoms with Gasteiger partial charge in [0, 0.05) is 6.20 Å². The van der Waals surface area contributed by atoms with E-state index in [0.29, 0.717) is 5.56 Å². The van der Waals surface area contributed by atoms with Gasteiger partial charge in [0.1, 0.15) is 5.92 Å². The van der Waals surface area contributed by atoms with Crippen LogP contribution in [0, 0.1) is 12.8 Å². The van der Waals surface area contributed by atoms with E-state index in [1.807, 2.05) is 6.92 Å². The van der Waals surface area contributed by atoms with Crippen molar-refractivity contribution in [3.63, 3.8) is 0 Å². The molecule has 2 rings (SSSR count). The molecule has 72 valence electrons. The Bertz CT molecular complexity index is 425. The summed E-state index contributed by atoms with van der Waals surface area (Å²) in [5.74, 6) is -1.33. The number of aromatic nitrogens is 1. The van der Waals surface area contributed by atoms with Crippen LogP contribution in [-0.4, -0.2) is 16.7 Å². The Morgan fingerprint density at radius 3 is 2.86 bits per heavy atom. The van der Waals surface area contributed by atoms with Crippen LogP contribution in [0.15, 0.2) is 12.3 Å². The predicted molar refractivity (Wildman–Crippen MR) is 48.1 cm³/mol. The molecule has 14 heavy (non-hydrogen) atoms. The molecule has 0 N–H and O–H groups in total. The number of ether oxygens (including phenoxy) is 1. The van der Waals surface area contributed by atoms with Gasteiger partial charge >= 0.3 is 5.97 Å². The van der Waals surface area contributed by atoms with Gasteiger partial charge in [-0.3, -0.25) is 9.59 Å². The van der Waals surface area contributed by atoms with Gasteiger partial charge in [0.25, 0.3) is 0 Å². The summed E-state index contributed by atoms with van der Waals surface area (Å²) < 4.78 is 4.90. The van der Waals surface area contributed by atoms with E-state index in [-0.39, 0.29) is 11.7 Å². The van der Waals surface area contributed by atoms with Crippen LogP contribution in [0.3, 0.4) is 0 Å². The van der Waals surface area contributed by atoms with Gasteiger partial charge in [-0.1, -0.05) is 0 Å².